The highest BCUT2D eigenvalue weighted by Gasteiger charge is 2.34. The number of rotatable bonds is 5. The Morgan fingerprint density at radius 3 is 1.41 bits per heavy atom. The van der Waals surface area contributed by atoms with Crippen molar-refractivity contribution in [3.8, 4) is 22.3 Å². The number of carbonyl (C=O) groups is 1. The SMILES string of the molecule is CNCc1ccc(-c2ccccc2C(F)(F)F)cc1.O=Cc1ccc(-c2ccccc2C(F)(F)F)cc1. The van der Waals surface area contributed by atoms with Crippen molar-refractivity contribution in [2.24, 2.45) is 0 Å². The summed E-state index contributed by atoms with van der Waals surface area (Å²) in [7, 11) is 1.83. The largest absolute Gasteiger partial charge is 0.417 e. The van der Waals surface area contributed by atoms with Gasteiger partial charge in [0.15, 0.2) is 0 Å². The van der Waals surface area contributed by atoms with Crippen LogP contribution in [-0.4, -0.2) is 13.3 Å². The third kappa shape index (κ3) is 7.30. The highest BCUT2D eigenvalue weighted by molar-refractivity contribution is 5.77. The molecule has 0 aliphatic rings. The molecule has 4 rings (SSSR count). The van der Waals surface area contributed by atoms with Gasteiger partial charge in [-0.1, -0.05) is 84.9 Å². The molecule has 0 saturated heterocycles. The van der Waals surface area contributed by atoms with Crippen LogP contribution in [0.4, 0.5) is 26.3 Å². The van der Waals surface area contributed by atoms with Crippen molar-refractivity contribution >= 4 is 6.29 Å². The quantitative estimate of drug-likeness (QED) is 0.214. The Labute approximate surface area is 210 Å². The van der Waals surface area contributed by atoms with E-state index in [-0.39, 0.29) is 11.1 Å². The Kier molecular flexibility index (Phi) is 8.89. The van der Waals surface area contributed by atoms with E-state index in [1.165, 1.54) is 48.5 Å². The monoisotopic (exact) mass is 515 g/mol. The van der Waals surface area contributed by atoms with Crippen LogP contribution >= 0.6 is 0 Å². The highest BCUT2D eigenvalue weighted by atomic mass is 19.4. The van der Waals surface area contributed by atoms with Crippen molar-refractivity contribution in [1.82, 2.24) is 5.32 Å². The van der Waals surface area contributed by atoms with Crippen molar-refractivity contribution in [3.05, 3.63) is 119 Å². The molecule has 0 amide bonds. The van der Waals surface area contributed by atoms with Gasteiger partial charge in [0, 0.05) is 12.1 Å². The molecule has 0 heterocycles. The van der Waals surface area contributed by atoms with Crippen LogP contribution in [0.3, 0.4) is 0 Å². The first-order valence-corrected chi connectivity index (χ1v) is 11.2. The van der Waals surface area contributed by atoms with Gasteiger partial charge in [0.1, 0.15) is 6.29 Å². The molecule has 0 aliphatic heterocycles. The van der Waals surface area contributed by atoms with Crippen molar-refractivity contribution in [2.75, 3.05) is 7.05 Å². The number of halogens is 6. The van der Waals surface area contributed by atoms with Crippen molar-refractivity contribution in [2.45, 2.75) is 18.9 Å². The van der Waals surface area contributed by atoms with Gasteiger partial charge in [-0.3, -0.25) is 4.79 Å². The van der Waals surface area contributed by atoms with Gasteiger partial charge in [0.2, 0.25) is 0 Å². The molecule has 0 spiro atoms. The van der Waals surface area contributed by atoms with E-state index in [1.807, 2.05) is 19.2 Å². The summed E-state index contributed by atoms with van der Waals surface area (Å²) in [5.41, 5.74) is 1.54. The summed E-state index contributed by atoms with van der Waals surface area (Å²) in [5.74, 6) is 0. The van der Waals surface area contributed by atoms with E-state index < -0.39 is 23.5 Å². The number of hydrogen-bond donors (Lipinski definition) is 1. The smallest absolute Gasteiger partial charge is 0.316 e. The molecule has 0 radical (unpaired) electrons. The minimum Gasteiger partial charge on any atom is -0.316 e. The van der Waals surface area contributed by atoms with Gasteiger partial charge < -0.3 is 5.32 Å². The van der Waals surface area contributed by atoms with E-state index in [2.05, 4.69) is 5.32 Å². The summed E-state index contributed by atoms with van der Waals surface area (Å²) in [4.78, 5) is 10.5. The fourth-order valence-corrected chi connectivity index (χ4v) is 3.71. The molecule has 0 bridgehead atoms. The number of benzene rings is 4. The molecule has 1 N–H and O–H groups in total. The lowest BCUT2D eigenvalue weighted by molar-refractivity contribution is -0.137. The maximum Gasteiger partial charge on any atom is 0.417 e. The van der Waals surface area contributed by atoms with Gasteiger partial charge in [0.25, 0.3) is 0 Å². The lowest BCUT2D eigenvalue weighted by atomic mass is 9.98. The van der Waals surface area contributed by atoms with Crippen LogP contribution in [0.1, 0.15) is 27.0 Å². The summed E-state index contributed by atoms with van der Waals surface area (Å²) in [6.07, 6.45) is -8.07. The van der Waals surface area contributed by atoms with Crippen LogP contribution in [0.15, 0.2) is 97.1 Å². The summed E-state index contributed by atoms with van der Waals surface area (Å²) >= 11 is 0. The van der Waals surface area contributed by atoms with Crippen molar-refractivity contribution in [3.63, 3.8) is 0 Å². The van der Waals surface area contributed by atoms with E-state index in [0.29, 0.717) is 29.5 Å². The maximum atomic E-state index is 12.9. The Morgan fingerprint density at radius 2 is 1.03 bits per heavy atom. The number of hydrogen-bond acceptors (Lipinski definition) is 2. The van der Waals surface area contributed by atoms with Gasteiger partial charge in [-0.05, 0) is 47.0 Å². The third-order valence-electron chi connectivity index (χ3n) is 5.47. The Balaban J connectivity index is 0.000000206. The van der Waals surface area contributed by atoms with Crippen molar-refractivity contribution in [1.29, 1.82) is 0 Å². The zero-order valence-electron chi connectivity index (χ0n) is 19.7. The average Bonchev–Trinajstić information content (AvgIpc) is 2.89. The third-order valence-corrected chi connectivity index (χ3v) is 5.47. The predicted molar refractivity (Wildman–Crippen MR) is 132 cm³/mol. The maximum absolute atomic E-state index is 12.9. The molecular weight excluding hydrogens is 492 g/mol. The molecule has 0 aliphatic carbocycles. The fourth-order valence-electron chi connectivity index (χ4n) is 3.71. The molecule has 8 heteroatoms. The number of nitrogens with one attached hydrogen (secondary N) is 1. The molecule has 4 aromatic rings. The van der Waals surface area contributed by atoms with E-state index in [1.54, 1.807) is 24.3 Å². The summed E-state index contributed by atoms with van der Waals surface area (Å²) in [6, 6.07) is 24.1. The van der Waals surface area contributed by atoms with Crippen molar-refractivity contribution < 1.29 is 31.1 Å². The van der Waals surface area contributed by atoms with Gasteiger partial charge in [-0.2, -0.15) is 26.3 Å². The fraction of sp³-hybridized carbons (Fsp3) is 0.138. The van der Waals surface area contributed by atoms with Crippen LogP contribution in [0.5, 0.6) is 0 Å². The summed E-state index contributed by atoms with van der Waals surface area (Å²) in [5, 5.41) is 3.00. The molecular formula is C29H23F6NO. The van der Waals surface area contributed by atoms with Gasteiger partial charge in [-0.15, -0.1) is 0 Å². The van der Waals surface area contributed by atoms with Crippen LogP contribution in [0.2, 0.25) is 0 Å². The first kappa shape index (κ1) is 27.7. The summed E-state index contributed by atoms with van der Waals surface area (Å²) < 4.78 is 77.2. The first-order valence-electron chi connectivity index (χ1n) is 11.2. The Morgan fingerprint density at radius 1 is 0.622 bits per heavy atom. The van der Waals surface area contributed by atoms with E-state index in [4.69, 9.17) is 0 Å². The molecule has 0 saturated carbocycles. The number of aldehydes is 1. The number of carbonyl (C=O) groups excluding carboxylic acids is 1. The lowest BCUT2D eigenvalue weighted by Gasteiger charge is -2.13. The highest BCUT2D eigenvalue weighted by Crippen LogP contribution is 2.38. The topological polar surface area (TPSA) is 29.1 Å². The Hall–Kier alpha value is -3.91. The first-order chi connectivity index (χ1) is 17.5. The van der Waals surface area contributed by atoms with Crippen LogP contribution in [0.25, 0.3) is 22.3 Å². The van der Waals surface area contributed by atoms with Gasteiger partial charge in [-0.25, -0.2) is 0 Å². The molecule has 0 fully saturated rings. The molecule has 4 aromatic carbocycles. The molecule has 0 unspecified atom stereocenters. The van der Waals surface area contributed by atoms with E-state index >= 15 is 0 Å². The molecule has 192 valence electrons. The second-order valence-corrected chi connectivity index (χ2v) is 8.05. The molecule has 37 heavy (non-hydrogen) atoms. The minimum atomic E-state index is -4.39. The van der Waals surface area contributed by atoms with Gasteiger partial charge >= 0.3 is 12.4 Å². The number of alkyl halides is 6. The molecule has 0 aromatic heterocycles. The summed E-state index contributed by atoms with van der Waals surface area (Å²) in [6.45, 7) is 0.696. The normalized spacial score (nSPS) is 11.4. The zero-order valence-corrected chi connectivity index (χ0v) is 19.7. The minimum absolute atomic E-state index is 0.113. The average molecular weight is 515 g/mol. The van der Waals surface area contributed by atoms with E-state index in [0.717, 1.165) is 17.7 Å². The second kappa shape index (κ2) is 11.9. The standard InChI is InChI=1S/C15H14F3N.C14H9F3O/c1-19-10-11-6-8-12(9-7-11)13-4-2-3-5-14(13)15(16,17)18;15-14(16,17)13-4-2-1-3-12(13)11-7-5-10(9-18)6-8-11/h2-9,19H,10H2,1H3;1-9H. The zero-order chi connectivity index (χ0) is 27.1. The molecule has 2 nitrogen and oxygen atoms in total. The van der Waals surface area contributed by atoms with Gasteiger partial charge in [0.05, 0.1) is 11.1 Å². The van der Waals surface area contributed by atoms with Crippen LogP contribution in [0, 0.1) is 0 Å². The van der Waals surface area contributed by atoms with Crippen LogP contribution < -0.4 is 5.32 Å². The second-order valence-electron chi connectivity index (χ2n) is 8.05. The van der Waals surface area contributed by atoms with Crippen LogP contribution in [-0.2, 0) is 18.9 Å². The lowest BCUT2D eigenvalue weighted by Crippen LogP contribution is -2.07. The molecule has 0 atom stereocenters. The Bertz CT molecular complexity index is 1310. The predicted octanol–water partition coefficient (Wildman–Crippen LogP) is 8.28. The van der Waals surface area contributed by atoms with E-state index in [9.17, 15) is 31.1 Å².